The molecule has 2 heterocycles. The third kappa shape index (κ3) is 0.699. The highest BCUT2D eigenvalue weighted by atomic mass is 15.2. The van der Waals surface area contributed by atoms with Crippen molar-refractivity contribution in [2.24, 2.45) is 0 Å². The second kappa shape index (κ2) is 1.98. The fraction of sp³-hybridized carbons (Fsp3) is 0. The van der Waals surface area contributed by atoms with Gasteiger partial charge < -0.3 is 0 Å². The lowest BCUT2D eigenvalue weighted by Crippen LogP contribution is -1.76. The van der Waals surface area contributed by atoms with Crippen molar-refractivity contribution in [2.45, 2.75) is 0 Å². The number of hydrogen-bond donors (Lipinski definition) is 0. The average molecular weight is 132 g/mol. The molecule has 2 aliphatic heterocycles. The zero-order valence-corrected chi connectivity index (χ0v) is 5.10. The first-order valence-corrected chi connectivity index (χ1v) is 2.85. The Kier molecular flexibility index (Phi) is 1.04. The van der Waals surface area contributed by atoms with E-state index >= 15 is 0 Å². The van der Waals surface area contributed by atoms with Crippen molar-refractivity contribution in [1.29, 1.82) is 0 Å². The molecule has 48 valence electrons. The third-order valence-corrected chi connectivity index (χ3v) is 1.14. The fourth-order valence-corrected chi connectivity index (χ4v) is 0.706. The largest absolute Gasteiger partial charge is 0.251 e. The van der Waals surface area contributed by atoms with Crippen LogP contribution in [0.4, 0.5) is 0 Å². The van der Waals surface area contributed by atoms with E-state index in [0.717, 1.165) is 5.69 Å². The van der Waals surface area contributed by atoms with Gasteiger partial charge in [0.2, 0.25) is 5.82 Å². The minimum Gasteiger partial charge on any atom is -0.251 e. The molecule has 10 heavy (non-hydrogen) atoms. The fourth-order valence-electron chi connectivity index (χ4n) is 0.706. The molecule has 2 rings (SSSR count). The molecule has 0 aromatic rings. The summed E-state index contributed by atoms with van der Waals surface area (Å²) in [7, 11) is 0. The molecule has 0 aliphatic carbocycles. The van der Waals surface area contributed by atoms with Crippen LogP contribution >= 0.6 is 0 Å². The molecular formula is C6H4N4. The molecule has 4 heteroatoms. The van der Waals surface area contributed by atoms with Crippen LogP contribution in [0.1, 0.15) is 0 Å². The lowest BCUT2D eigenvalue weighted by atomic mass is 10.5. The van der Waals surface area contributed by atoms with Gasteiger partial charge in [-0.3, -0.25) is 4.98 Å². The van der Waals surface area contributed by atoms with Gasteiger partial charge in [0.25, 0.3) is 0 Å². The molecule has 0 spiro atoms. The van der Waals surface area contributed by atoms with Gasteiger partial charge in [0, 0.05) is 12.4 Å². The molecule has 0 fully saturated rings. The van der Waals surface area contributed by atoms with Gasteiger partial charge in [0.05, 0.1) is 6.20 Å². The maximum Gasteiger partial charge on any atom is 0.201 e. The molecule has 4 nitrogen and oxygen atoms in total. The van der Waals surface area contributed by atoms with Gasteiger partial charge in [0.15, 0.2) is 0 Å². The summed E-state index contributed by atoms with van der Waals surface area (Å²) in [6.07, 6.45) is 4.89. The summed E-state index contributed by atoms with van der Waals surface area (Å²) in [5.41, 5.74) is 0.727. The summed E-state index contributed by atoms with van der Waals surface area (Å²) in [4.78, 5) is 7.98. The van der Waals surface area contributed by atoms with Gasteiger partial charge in [-0.15, -0.1) is 5.10 Å². The topological polar surface area (TPSA) is 51.6 Å². The first-order valence-electron chi connectivity index (χ1n) is 2.85. The maximum absolute atomic E-state index is 4.02. The quantitative estimate of drug-likeness (QED) is 0.519. The molecule has 0 radical (unpaired) electrons. The molecule has 0 aromatic carbocycles. The van der Waals surface area contributed by atoms with Crippen molar-refractivity contribution in [2.75, 3.05) is 0 Å². The Balaban J connectivity index is 2.74. The molecule has 0 saturated heterocycles. The molecule has 2 aliphatic rings. The Morgan fingerprint density at radius 1 is 1.10 bits per heavy atom. The number of hydrogen-bond acceptors (Lipinski definition) is 4. The molecule has 0 aromatic heterocycles. The zero-order valence-electron chi connectivity index (χ0n) is 5.10. The SMILES string of the molecule is c1cnc2cnnc-2nc1. The van der Waals surface area contributed by atoms with E-state index in [1.54, 1.807) is 24.7 Å². The lowest BCUT2D eigenvalue weighted by Gasteiger charge is -1.78. The Labute approximate surface area is 57.3 Å². The van der Waals surface area contributed by atoms with E-state index in [2.05, 4.69) is 20.2 Å². The van der Waals surface area contributed by atoms with Gasteiger partial charge in [-0.1, -0.05) is 0 Å². The van der Waals surface area contributed by atoms with Gasteiger partial charge >= 0.3 is 0 Å². The molecule has 0 N–H and O–H groups in total. The number of fused-ring (bicyclic) bond motifs is 1. The minimum atomic E-state index is 0.588. The summed E-state index contributed by atoms with van der Waals surface area (Å²) in [6.45, 7) is 0. The first-order chi connectivity index (χ1) is 4.97. The van der Waals surface area contributed by atoms with E-state index in [1.165, 1.54) is 0 Å². The monoisotopic (exact) mass is 132 g/mol. The van der Waals surface area contributed by atoms with Crippen LogP contribution < -0.4 is 0 Å². The van der Waals surface area contributed by atoms with Crippen molar-refractivity contribution in [3.05, 3.63) is 24.7 Å². The lowest BCUT2D eigenvalue weighted by molar-refractivity contribution is 1.07. The third-order valence-electron chi connectivity index (χ3n) is 1.14. The number of aromatic nitrogens is 4. The van der Waals surface area contributed by atoms with Crippen LogP contribution in [0.5, 0.6) is 0 Å². The smallest absolute Gasteiger partial charge is 0.201 e. The maximum atomic E-state index is 4.02. The Bertz CT molecular complexity index is 281. The molecule has 0 amide bonds. The van der Waals surface area contributed by atoms with Crippen molar-refractivity contribution >= 4 is 0 Å². The second-order valence-corrected chi connectivity index (χ2v) is 1.80. The van der Waals surface area contributed by atoms with Crippen LogP contribution in [-0.4, -0.2) is 20.2 Å². The molecular weight excluding hydrogens is 128 g/mol. The van der Waals surface area contributed by atoms with E-state index in [0.29, 0.717) is 5.82 Å². The average Bonchev–Trinajstić information content (AvgIpc) is 2.28. The zero-order chi connectivity index (χ0) is 6.81. The van der Waals surface area contributed by atoms with E-state index in [1.807, 2.05) is 0 Å². The van der Waals surface area contributed by atoms with E-state index in [4.69, 9.17) is 0 Å². The highest BCUT2D eigenvalue weighted by Gasteiger charge is 2.02. The van der Waals surface area contributed by atoms with E-state index in [-0.39, 0.29) is 0 Å². The van der Waals surface area contributed by atoms with Crippen molar-refractivity contribution in [1.82, 2.24) is 20.2 Å². The van der Waals surface area contributed by atoms with Gasteiger partial charge in [-0.05, 0) is 6.07 Å². The van der Waals surface area contributed by atoms with E-state index in [9.17, 15) is 0 Å². The number of rotatable bonds is 0. The van der Waals surface area contributed by atoms with Crippen molar-refractivity contribution in [3.8, 4) is 11.5 Å². The molecule has 0 unspecified atom stereocenters. The minimum absolute atomic E-state index is 0.588. The summed E-state index contributed by atoms with van der Waals surface area (Å²) in [5.74, 6) is 0.588. The number of nitrogens with zero attached hydrogens (tertiary/aromatic N) is 4. The summed E-state index contributed by atoms with van der Waals surface area (Å²) in [6, 6.07) is 1.75. The van der Waals surface area contributed by atoms with Gasteiger partial charge in [-0.25, -0.2) is 4.98 Å². The van der Waals surface area contributed by atoms with Crippen LogP contribution in [-0.2, 0) is 0 Å². The van der Waals surface area contributed by atoms with Crippen LogP contribution in [0.2, 0.25) is 0 Å². The predicted octanol–water partition coefficient (Wildman–Crippen LogP) is 0.371. The molecule has 0 saturated carbocycles. The van der Waals surface area contributed by atoms with Gasteiger partial charge in [-0.2, -0.15) is 5.10 Å². The first kappa shape index (κ1) is 5.22. The van der Waals surface area contributed by atoms with Crippen LogP contribution in [0.3, 0.4) is 0 Å². The van der Waals surface area contributed by atoms with Crippen LogP contribution in [0.15, 0.2) is 24.7 Å². The Hall–Kier alpha value is -1.58. The normalized spacial score (nSPS) is 10.0. The van der Waals surface area contributed by atoms with Crippen LogP contribution in [0, 0.1) is 0 Å². The van der Waals surface area contributed by atoms with Crippen molar-refractivity contribution in [3.63, 3.8) is 0 Å². The summed E-state index contributed by atoms with van der Waals surface area (Å²) < 4.78 is 0. The predicted molar refractivity (Wildman–Crippen MR) is 34.2 cm³/mol. The summed E-state index contributed by atoms with van der Waals surface area (Å²) >= 11 is 0. The Morgan fingerprint density at radius 2 is 2.00 bits per heavy atom. The molecule has 0 atom stereocenters. The highest BCUT2D eigenvalue weighted by molar-refractivity contribution is 5.46. The highest BCUT2D eigenvalue weighted by Crippen LogP contribution is 2.07. The van der Waals surface area contributed by atoms with Gasteiger partial charge in [0.1, 0.15) is 5.69 Å². The van der Waals surface area contributed by atoms with Crippen molar-refractivity contribution < 1.29 is 0 Å². The summed E-state index contributed by atoms with van der Waals surface area (Å²) in [5, 5.41) is 7.39. The second-order valence-electron chi connectivity index (χ2n) is 1.80. The standard InChI is InChI=1S/C6H4N4/c1-2-7-5-4-9-10-6(5)8-3-1/h1-4H. The molecule has 0 bridgehead atoms. The van der Waals surface area contributed by atoms with Crippen LogP contribution in [0.25, 0.3) is 11.5 Å². The Morgan fingerprint density at radius 3 is 3.00 bits per heavy atom. The van der Waals surface area contributed by atoms with E-state index < -0.39 is 0 Å².